The highest BCUT2D eigenvalue weighted by atomic mass is 79.9. The fourth-order valence-corrected chi connectivity index (χ4v) is 3.22. The summed E-state index contributed by atoms with van der Waals surface area (Å²) in [6.07, 6.45) is 0. The first-order valence-corrected chi connectivity index (χ1v) is 7.98. The molecule has 0 saturated heterocycles. The standard InChI is InChI=1S/C12H9BrClFN2O2S/c13-9-3-1-7(14)5-12(9)17-20(18,19)8-2-4-10(15)11(16)6-8/h1-6,17H,16H2. The van der Waals surface area contributed by atoms with Gasteiger partial charge in [-0.25, -0.2) is 12.8 Å². The normalized spacial score (nSPS) is 11.3. The Balaban J connectivity index is 2.40. The lowest BCUT2D eigenvalue weighted by Gasteiger charge is -2.10. The summed E-state index contributed by atoms with van der Waals surface area (Å²) in [5, 5.41) is 0.379. The molecule has 0 heterocycles. The monoisotopic (exact) mass is 378 g/mol. The van der Waals surface area contributed by atoms with E-state index in [2.05, 4.69) is 20.7 Å². The highest BCUT2D eigenvalue weighted by Gasteiger charge is 2.17. The third-order valence-corrected chi connectivity index (χ3v) is 4.74. The lowest BCUT2D eigenvalue weighted by Crippen LogP contribution is -2.14. The zero-order valence-electron chi connectivity index (χ0n) is 9.90. The van der Waals surface area contributed by atoms with Gasteiger partial charge < -0.3 is 5.73 Å². The van der Waals surface area contributed by atoms with E-state index >= 15 is 0 Å². The molecule has 0 aliphatic carbocycles. The molecule has 0 amide bonds. The number of anilines is 2. The lowest BCUT2D eigenvalue weighted by atomic mass is 10.3. The van der Waals surface area contributed by atoms with Crippen molar-refractivity contribution >= 4 is 48.9 Å². The van der Waals surface area contributed by atoms with E-state index in [1.165, 1.54) is 6.07 Å². The average Bonchev–Trinajstić information content (AvgIpc) is 2.36. The molecule has 8 heteroatoms. The van der Waals surface area contributed by atoms with E-state index in [0.29, 0.717) is 9.50 Å². The van der Waals surface area contributed by atoms with E-state index < -0.39 is 15.8 Å². The van der Waals surface area contributed by atoms with Crippen LogP contribution in [0.25, 0.3) is 0 Å². The molecule has 0 radical (unpaired) electrons. The van der Waals surface area contributed by atoms with Crippen LogP contribution in [0.15, 0.2) is 45.8 Å². The first-order chi connectivity index (χ1) is 9.29. The summed E-state index contributed by atoms with van der Waals surface area (Å²) >= 11 is 9.02. The van der Waals surface area contributed by atoms with Crippen LogP contribution in [0.5, 0.6) is 0 Å². The highest BCUT2D eigenvalue weighted by Crippen LogP contribution is 2.28. The fourth-order valence-electron chi connectivity index (χ4n) is 1.47. The van der Waals surface area contributed by atoms with Crippen LogP contribution in [-0.4, -0.2) is 8.42 Å². The van der Waals surface area contributed by atoms with Crippen molar-refractivity contribution < 1.29 is 12.8 Å². The van der Waals surface area contributed by atoms with Crippen molar-refractivity contribution in [3.8, 4) is 0 Å². The van der Waals surface area contributed by atoms with Crippen LogP contribution in [0.3, 0.4) is 0 Å². The third kappa shape index (κ3) is 3.23. The maximum atomic E-state index is 13.1. The molecule has 2 aromatic carbocycles. The van der Waals surface area contributed by atoms with Gasteiger partial charge in [-0.1, -0.05) is 11.6 Å². The van der Waals surface area contributed by atoms with Crippen LogP contribution in [0.1, 0.15) is 0 Å². The Morgan fingerprint density at radius 1 is 1.20 bits per heavy atom. The van der Waals surface area contributed by atoms with E-state index in [9.17, 15) is 12.8 Å². The van der Waals surface area contributed by atoms with Gasteiger partial charge >= 0.3 is 0 Å². The van der Waals surface area contributed by atoms with Crippen molar-refractivity contribution in [2.75, 3.05) is 10.5 Å². The molecule has 0 spiro atoms. The van der Waals surface area contributed by atoms with Gasteiger partial charge in [0.1, 0.15) is 5.82 Å². The van der Waals surface area contributed by atoms with Crippen LogP contribution in [0.2, 0.25) is 5.02 Å². The second kappa shape index (κ2) is 5.59. The second-order valence-electron chi connectivity index (χ2n) is 3.91. The Labute approximate surface area is 128 Å². The molecule has 0 saturated carbocycles. The summed E-state index contributed by atoms with van der Waals surface area (Å²) in [7, 11) is -3.88. The summed E-state index contributed by atoms with van der Waals surface area (Å²) in [5.74, 6) is -0.673. The number of hydrogen-bond donors (Lipinski definition) is 2. The topological polar surface area (TPSA) is 72.2 Å². The number of benzene rings is 2. The summed E-state index contributed by atoms with van der Waals surface area (Å²) in [4.78, 5) is -0.136. The van der Waals surface area contributed by atoms with Gasteiger partial charge in [0.05, 0.1) is 16.3 Å². The molecule has 20 heavy (non-hydrogen) atoms. The second-order valence-corrected chi connectivity index (χ2v) is 6.89. The summed E-state index contributed by atoms with van der Waals surface area (Å²) < 4.78 is 40.3. The molecule has 4 nitrogen and oxygen atoms in total. The molecule has 0 aromatic heterocycles. The molecule has 0 atom stereocenters. The predicted molar refractivity (Wildman–Crippen MR) is 80.8 cm³/mol. The van der Waals surface area contributed by atoms with Gasteiger partial charge in [-0.15, -0.1) is 0 Å². The Morgan fingerprint density at radius 3 is 2.55 bits per heavy atom. The predicted octanol–water partition coefficient (Wildman–Crippen LogP) is 3.62. The number of rotatable bonds is 3. The number of hydrogen-bond acceptors (Lipinski definition) is 3. The molecule has 3 N–H and O–H groups in total. The SMILES string of the molecule is Nc1cc(S(=O)(=O)Nc2cc(Cl)ccc2Br)ccc1F. The Bertz CT molecular complexity index is 768. The molecule has 0 aliphatic rings. The van der Waals surface area contributed by atoms with E-state index in [-0.39, 0.29) is 16.3 Å². The molecular formula is C12H9BrClFN2O2S. The van der Waals surface area contributed by atoms with E-state index in [0.717, 1.165) is 18.2 Å². The minimum absolute atomic E-state index is 0.136. The van der Waals surface area contributed by atoms with E-state index in [1.807, 2.05) is 0 Å². The first kappa shape index (κ1) is 15.1. The molecule has 0 fully saturated rings. The average molecular weight is 380 g/mol. The third-order valence-electron chi connectivity index (χ3n) is 2.45. The molecule has 0 bridgehead atoms. The summed E-state index contributed by atoms with van der Waals surface area (Å²) in [6, 6.07) is 7.86. The van der Waals surface area contributed by atoms with Crippen molar-refractivity contribution in [3.05, 3.63) is 51.7 Å². The highest BCUT2D eigenvalue weighted by molar-refractivity contribution is 9.10. The van der Waals surface area contributed by atoms with Crippen LogP contribution in [0, 0.1) is 5.82 Å². The van der Waals surface area contributed by atoms with E-state index in [1.54, 1.807) is 12.1 Å². The Hall–Kier alpha value is -1.31. The van der Waals surface area contributed by atoms with Gasteiger partial charge in [-0.3, -0.25) is 4.72 Å². The van der Waals surface area contributed by atoms with Crippen LogP contribution < -0.4 is 10.5 Å². The molecule has 106 valence electrons. The van der Waals surface area contributed by atoms with Gasteiger partial charge in [-0.05, 0) is 52.3 Å². The minimum atomic E-state index is -3.88. The van der Waals surface area contributed by atoms with Gasteiger partial charge in [0.15, 0.2) is 0 Å². The molecular weight excluding hydrogens is 371 g/mol. The zero-order valence-corrected chi connectivity index (χ0v) is 13.1. The van der Waals surface area contributed by atoms with Gasteiger partial charge in [0.2, 0.25) is 0 Å². The van der Waals surface area contributed by atoms with Crippen molar-refractivity contribution in [3.63, 3.8) is 0 Å². The van der Waals surface area contributed by atoms with Gasteiger partial charge in [0, 0.05) is 9.50 Å². The molecule has 2 aromatic rings. The largest absolute Gasteiger partial charge is 0.396 e. The van der Waals surface area contributed by atoms with Crippen molar-refractivity contribution in [2.24, 2.45) is 0 Å². The zero-order chi connectivity index (χ0) is 14.9. The Kier molecular flexibility index (Phi) is 4.22. The maximum absolute atomic E-state index is 13.1. The maximum Gasteiger partial charge on any atom is 0.262 e. The number of nitrogen functional groups attached to an aromatic ring is 1. The van der Waals surface area contributed by atoms with Crippen molar-refractivity contribution in [1.29, 1.82) is 0 Å². The van der Waals surface area contributed by atoms with Crippen LogP contribution in [-0.2, 0) is 10.0 Å². The van der Waals surface area contributed by atoms with Crippen LogP contribution in [0.4, 0.5) is 15.8 Å². The summed E-state index contributed by atoms with van der Waals surface area (Å²) in [6.45, 7) is 0. The first-order valence-electron chi connectivity index (χ1n) is 5.32. The van der Waals surface area contributed by atoms with Crippen LogP contribution >= 0.6 is 27.5 Å². The lowest BCUT2D eigenvalue weighted by molar-refractivity contribution is 0.600. The number of sulfonamides is 1. The number of halogens is 3. The number of nitrogens with two attached hydrogens (primary N) is 1. The number of nitrogens with one attached hydrogen (secondary N) is 1. The minimum Gasteiger partial charge on any atom is -0.396 e. The summed E-state index contributed by atoms with van der Waals surface area (Å²) in [5.41, 5.74) is 5.41. The smallest absolute Gasteiger partial charge is 0.262 e. The molecule has 2 rings (SSSR count). The van der Waals surface area contributed by atoms with Crippen molar-refractivity contribution in [1.82, 2.24) is 0 Å². The molecule has 0 aliphatic heterocycles. The van der Waals surface area contributed by atoms with E-state index in [4.69, 9.17) is 17.3 Å². The quantitative estimate of drug-likeness (QED) is 0.800. The van der Waals surface area contributed by atoms with Crippen molar-refractivity contribution in [2.45, 2.75) is 4.90 Å². The molecule has 0 unspecified atom stereocenters. The Morgan fingerprint density at radius 2 is 1.90 bits per heavy atom. The fraction of sp³-hybridized carbons (Fsp3) is 0. The van der Waals surface area contributed by atoms with Gasteiger partial charge in [-0.2, -0.15) is 0 Å². The van der Waals surface area contributed by atoms with Gasteiger partial charge in [0.25, 0.3) is 10.0 Å².